The van der Waals surface area contributed by atoms with Gasteiger partial charge in [-0.05, 0) is 54.7 Å². The summed E-state index contributed by atoms with van der Waals surface area (Å²) in [4.78, 5) is 9.47. The van der Waals surface area contributed by atoms with E-state index in [4.69, 9.17) is 14.7 Å². The number of aromatic nitrogens is 2. The molecule has 118 valence electrons. The van der Waals surface area contributed by atoms with Crippen molar-refractivity contribution in [2.75, 3.05) is 19.0 Å². The lowest BCUT2D eigenvalue weighted by atomic mass is 9.85. The minimum absolute atomic E-state index is 0.0307. The molecule has 21 heavy (non-hydrogen) atoms. The van der Waals surface area contributed by atoms with Crippen LogP contribution < -0.4 is 5.32 Å². The van der Waals surface area contributed by atoms with Crippen LogP contribution in [0, 0.1) is 16.4 Å². The van der Waals surface area contributed by atoms with Crippen LogP contribution in [0.15, 0.2) is 0 Å². The highest BCUT2D eigenvalue weighted by Crippen LogP contribution is 2.36. The minimum Gasteiger partial charge on any atom is -0.373 e. The Labute approximate surface area is 141 Å². The number of ether oxygens (including phenoxy) is 1. The fourth-order valence-electron chi connectivity index (χ4n) is 3.01. The molecule has 0 aliphatic heterocycles. The van der Waals surface area contributed by atoms with E-state index in [0.29, 0.717) is 5.92 Å². The fraction of sp³-hybridized carbons (Fsp3) is 0.750. The lowest BCUT2D eigenvalue weighted by Gasteiger charge is -2.28. The van der Waals surface area contributed by atoms with Crippen molar-refractivity contribution in [3.05, 3.63) is 15.1 Å². The van der Waals surface area contributed by atoms with Crippen molar-refractivity contribution in [3.63, 3.8) is 0 Å². The highest BCUT2D eigenvalue weighted by Gasteiger charge is 2.28. The van der Waals surface area contributed by atoms with Gasteiger partial charge in [0, 0.05) is 13.7 Å². The predicted molar refractivity (Wildman–Crippen MR) is 94.6 cm³/mol. The van der Waals surface area contributed by atoms with Gasteiger partial charge in [-0.1, -0.05) is 26.2 Å². The molecule has 4 nitrogen and oxygen atoms in total. The van der Waals surface area contributed by atoms with E-state index >= 15 is 0 Å². The largest absolute Gasteiger partial charge is 0.373 e. The first-order valence-electron chi connectivity index (χ1n) is 7.98. The smallest absolute Gasteiger partial charge is 0.160 e. The summed E-state index contributed by atoms with van der Waals surface area (Å²) in [5.74, 6) is 2.36. The van der Waals surface area contributed by atoms with Gasteiger partial charge in [0.1, 0.15) is 11.9 Å². The van der Waals surface area contributed by atoms with Crippen LogP contribution in [0.5, 0.6) is 0 Å². The molecule has 0 saturated heterocycles. The summed E-state index contributed by atoms with van der Waals surface area (Å²) in [6.07, 6.45) is 7.52. The third kappa shape index (κ3) is 4.28. The first kappa shape index (κ1) is 16.9. The monoisotopic (exact) mass is 403 g/mol. The van der Waals surface area contributed by atoms with Crippen molar-refractivity contribution in [1.82, 2.24) is 9.97 Å². The van der Waals surface area contributed by atoms with Gasteiger partial charge in [-0.25, -0.2) is 9.97 Å². The molecule has 2 rings (SSSR count). The Balaban J connectivity index is 2.25. The van der Waals surface area contributed by atoms with Gasteiger partial charge in [-0.2, -0.15) is 0 Å². The van der Waals surface area contributed by atoms with Gasteiger partial charge in [0.15, 0.2) is 5.82 Å². The van der Waals surface area contributed by atoms with Crippen LogP contribution in [0.3, 0.4) is 0 Å². The molecule has 1 atom stereocenters. The number of hydrogen-bond donors (Lipinski definition) is 1. The van der Waals surface area contributed by atoms with Crippen molar-refractivity contribution in [2.24, 2.45) is 5.92 Å². The van der Waals surface area contributed by atoms with Crippen molar-refractivity contribution < 1.29 is 4.74 Å². The second-order valence-electron chi connectivity index (χ2n) is 5.81. The van der Waals surface area contributed by atoms with Crippen LogP contribution in [0.2, 0.25) is 0 Å². The summed E-state index contributed by atoms with van der Waals surface area (Å²) >= 11 is 2.32. The first-order chi connectivity index (χ1) is 10.2. The van der Waals surface area contributed by atoms with Crippen LogP contribution in [-0.2, 0) is 4.74 Å². The maximum Gasteiger partial charge on any atom is 0.160 e. The molecule has 1 aliphatic carbocycles. The first-order valence-corrected chi connectivity index (χ1v) is 9.06. The van der Waals surface area contributed by atoms with Gasteiger partial charge in [0.25, 0.3) is 0 Å². The third-order valence-electron chi connectivity index (χ3n) is 4.16. The zero-order valence-electron chi connectivity index (χ0n) is 13.3. The SMILES string of the molecule is CCCNc1nc(C(OC)C2CCCCC2)nc(C)c1I. The van der Waals surface area contributed by atoms with Crippen molar-refractivity contribution in [3.8, 4) is 0 Å². The quantitative estimate of drug-likeness (QED) is 0.712. The summed E-state index contributed by atoms with van der Waals surface area (Å²) in [5, 5.41) is 3.41. The Bertz CT molecular complexity index is 461. The van der Waals surface area contributed by atoms with Crippen LogP contribution in [0.4, 0.5) is 5.82 Å². The van der Waals surface area contributed by atoms with Crippen LogP contribution >= 0.6 is 22.6 Å². The minimum atomic E-state index is 0.0307. The molecule has 0 aromatic carbocycles. The summed E-state index contributed by atoms with van der Waals surface area (Å²) < 4.78 is 6.89. The van der Waals surface area contributed by atoms with Crippen molar-refractivity contribution >= 4 is 28.4 Å². The maximum atomic E-state index is 5.77. The number of nitrogens with zero attached hydrogens (tertiary/aromatic N) is 2. The van der Waals surface area contributed by atoms with Gasteiger partial charge < -0.3 is 10.1 Å². The van der Waals surface area contributed by atoms with E-state index in [1.54, 1.807) is 7.11 Å². The standard InChI is InChI=1S/C16H26IN3O/c1-4-10-18-15-13(17)11(2)19-16(20-15)14(21-3)12-8-6-5-7-9-12/h12,14H,4-10H2,1-3H3,(H,18,19,20). The number of rotatable bonds is 6. The predicted octanol–water partition coefficient (Wildman–Crippen LogP) is 4.48. The molecular formula is C16H26IN3O. The van der Waals surface area contributed by atoms with Crippen molar-refractivity contribution in [2.45, 2.75) is 58.5 Å². The Morgan fingerprint density at radius 1 is 1.29 bits per heavy atom. The van der Waals surface area contributed by atoms with E-state index < -0.39 is 0 Å². The van der Waals surface area contributed by atoms with E-state index in [0.717, 1.165) is 33.9 Å². The highest BCUT2D eigenvalue weighted by atomic mass is 127. The van der Waals surface area contributed by atoms with E-state index in [2.05, 4.69) is 41.8 Å². The molecule has 0 amide bonds. The second kappa shape index (κ2) is 8.27. The normalized spacial score (nSPS) is 17.7. The van der Waals surface area contributed by atoms with E-state index in [-0.39, 0.29) is 6.10 Å². The molecule has 1 heterocycles. The number of nitrogens with one attached hydrogen (secondary N) is 1. The van der Waals surface area contributed by atoms with E-state index in [1.807, 2.05) is 0 Å². The molecule has 1 aromatic rings. The second-order valence-corrected chi connectivity index (χ2v) is 6.89. The molecule has 1 fully saturated rings. The van der Waals surface area contributed by atoms with Gasteiger partial charge in [0.05, 0.1) is 9.26 Å². The summed E-state index contributed by atoms with van der Waals surface area (Å²) in [6.45, 7) is 5.15. The number of anilines is 1. The average molecular weight is 403 g/mol. The number of hydrogen-bond acceptors (Lipinski definition) is 4. The molecule has 5 heteroatoms. The lowest BCUT2D eigenvalue weighted by Crippen LogP contribution is -2.21. The molecular weight excluding hydrogens is 377 g/mol. The molecule has 0 radical (unpaired) electrons. The van der Waals surface area contributed by atoms with Gasteiger partial charge in [0.2, 0.25) is 0 Å². The number of halogens is 1. The zero-order chi connectivity index (χ0) is 15.2. The Kier molecular flexibility index (Phi) is 6.67. The Morgan fingerprint density at radius 3 is 2.62 bits per heavy atom. The molecule has 1 N–H and O–H groups in total. The van der Waals surface area contributed by atoms with Gasteiger partial charge in [-0.3, -0.25) is 0 Å². The van der Waals surface area contributed by atoms with Crippen LogP contribution in [0.1, 0.15) is 63.1 Å². The van der Waals surface area contributed by atoms with E-state index in [1.165, 1.54) is 32.1 Å². The lowest BCUT2D eigenvalue weighted by molar-refractivity contribution is 0.0289. The zero-order valence-corrected chi connectivity index (χ0v) is 15.4. The molecule has 0 bridgehead atoms. The Morgan fingerprint density at radius 2 is 2.00 bits per heavy atom. The summed E-state index contributed by atoms with van der Waals surface area (Å²) in [6, 6.07) is 0. The van der Waals surface area contributed by atoms with E-state index in [9.17, 15) is 0 Å². The molecule has 1 aromatic heterocycles. The van der Waals surface area contributed by atoms with Crippen LogP contribution in [0.25, 0.3) is 0 Å². The molecule has 1 aliphatic rings. The molecule has 1 unspecified atom stereocenters. The topological polar surface area (TPSA) is 47.0 Å². The van der Waals surface area contributed by atoms with Crippen LogP contribution in [-0.4, -0.2) is 23.6 Å². The fourth-order valence-corrected chi connectivity index (χ4v) is 3.45. The summed E-state index contributed by atoms with van der Waals surface area (Å²) in [7, 11) is 1.79. The molecule has 1 saturated carbocycles. The maximum absolute atomic E-state index is 5.77. The average Bonchev–Trinajstić information content (AvgIpc) is 2.51. The highest BCUT2D eigenvalue weighted by molar-refractivity contribution is 14.1. The van der Waals surface area contributed by atoms with Gasteiger partial charge >= 0.3 is 0 Å². The number of aryl methyl sites for hydroxylation is 1. The van der Waals surface area contributed by atoms with Crippen molar-refractivity contribution in [1.29, 1.82) is 0 Å². The summed E-state index contributed by atoms with van der Waals surface area (Å²) in [5.41, 5.74) is 1.04. The third-order valence-corrected chi connectivity index (χ3v) is 5.45. The van der Waals surface area contributed by atoms with Gasteiger partial charge in [-0.15, -0.1) is 0 Å². The Hall–Kier alpha value is -0.430. The molecule has 0 spiro atoms. The number of methoxy groups -OCH3 is 1.